The van der Waals surface area contributed by atoms with Gasteiger partial charge in [-0.25, -0.2) is 0 Å². The van der Waals surface area contributed by atoms with Crippen molar-refractivity contribution < 1.29 is 143 Å². The van der Waals surface area contributed by atoms with Crippen molar-refractivity contribution in [2.45, 2.75) is 283 Å². The summed E-state index contributed by atoms with van der Waals surface area (Å²) in [5.41, 5.74) is 1.01. The molecule has 10 fully saturated rings. The maximum atomic E-state index is 12.2. The van der Waals surface area contributed by atoms with Crippen molar-refractivity contribution in [3.8, 4) is 0 Å². The third-order valence-electron chi connectivity index (χ3n) is 22.5. The summed E-state index contributed by atoms with van der Waals surface area (Å²) >= 11 is 0. The van der Waals surface area contributed by atoms with Crippen molar-refractivity contribution in [2.24, 2.45) is 46.3 Å². The minimum absolute atomic E-state index is 0.0844. The molecule has 16 N–H and O–H groups in total. The van der Waals surface area contributed by atoms with E-state index in [1.54, 1.807) is 0 Å². The normalized spacial score (nSPS) is 55.6. The molecule has 0 spiro atoms. The second-order valence-electron chi connectivity index (χ2n) is 28.1. The molecule has 11 aliphatic rings. The van der Waals surface area contributed by atoms with Crippen molar-refractivity contribution in [2.75, 3.05) is 33.0 Å². The van der Waals surface area contributed by atoms with Crippen LogP contribution in [-0.4, -0.2) is 299 Å². The van der Waals surface area contributed by atoms with Gasteiger partial charge in [0.2, 0.25) is 0 Å². The molecule has 7 saturated heterocycles. The van der Waals surface area contributed by atoms with E-state index in [0.717, 1.165) is 32.1 Å². The highest BCUT2D eigenvalue weighted by Crippen LogP contribution is 2.70. The number of ether oxygens (including phenoxy) is 13. The van der Waals surface area contributed by atoms with Gasteiger partial charge < -0.3 is 143 Å². The second-order valence-corrected chi connectivity index (χ2v) is 28.1. The van der Waals surface area contributed by atoms with E-state index in [4.69, 9.17) is 61.6 Å². The van der Waals surface area contributed by atoms with Crippen molar-refractivity contribution in [1.29, 1.82) is 0 Å². The zero-order valence-electron chi connectivity index (χ0n) is 51.1. The van der Waals surface area contributed by atoms with Crippen LogP contribution in [0.2, 0.25) is 0 Å². The van der Waals surface area contributed by atoms with E-state index in [1.165, 1.54) is 19.4 Å². The van der Waals surface area contributed by atoms with Gasteiger partial charge in [0.05, 0.1) is 57.5 Å². The van der Waals surface area contributed by atoms with Crippen LogP contribution in [0.3, 0.4) is 0 Å². The summed E-state index contributed by atoms with van der Waals surface area (Å²) in [6.45, 7) is 9.82. The molecule has 38 atom stereocenters. The minimum atomic E-state index is -1.87. The van der Waals surface area contributed by atoms with E-state index in [2.05, 4.69) is 26.8 Å². The van der Waals surface area contributed by atoms with Crippen molar-refractivity contribution >= 4 is 0 Å². The summed E-state index contributed by atoms with van der Waals surface area (Å²) < 4.78 is 78.7. The molecular weight excluding hydrogens is 1180 g/mol. The zero-order chi connectivity index (χ0) is 64.1. The Kier molecular flexibility index (Phi) is 21.1. The van der Waals surface area contributed by atoms with Gasteiger partial charge in [0.1, 0.15) is 116 Å². The Labute approximate surface area is 516 Å². The number of fused-ring (bicyclic) bond motifs is 7. The fraction of sp³-hybridized carbons (Fsp3) is 0.967. The van der Waals surface area contributed by atoms with Gasteiger partial charge in [-0.1, -0.05) is 39.3 Å². The van der Waals surface area contributed by atoms with E-state index >= 15 is 0 Å². The first kappa shape index (κ1) is 68.9. The molecule has 29 heteroatoms. The maximum absolute atomic E-state index is 12.2. The minimum Gasteiger partial charge on any atom is -0.394 e. The fourth-order valence-corrected chi connectivity index (χ4v) is 17.0. The quantitative estimate of drug-likeness (QED) is 0.0611. The number of hydrogen-bond donors (Lipinski definition) is 16. The van der Waals surface area contributed by atoms with Gasteiger partial charge in [-0.15, -0.1) is 0 Å². The van der Waals surface area contributed by atoms with Crippen LogP contribution in [0, 0.1) is 46.3 Å². The standard InChI is InChI=1S/C60H98O29/c1-22(18-77-52-47(74)44(71)41(68)34(17-61)84-52)9-14-60(76)23(2)36-33(89-60)16-30-28-8-7-26-15-27(10-12-58(26,5)29(28)11-13-59(30,36)6)83-55-49(40(67)32(63)20-79-55)88-56-50(86-53-46(73)39(66)31(62)19-78-53)42(69)35(21-80-56)85-57-51(45(72)38(65)25(4)82-57)87-54-48(75)43(70)37(64)24(3)81-54/h7,22-25,27-57,61-76H,8-21H2,1-6H3. The van der Waals surface area contributed by atoms with Crippen LogP contribution in [0.15, 0.2) is 11.6 Å². The molecule has 29 nitrogen and oxygen atoms in total. The molecule has 0 amide bonds. The molecule has 0 radical (unpaired) electrons. The Morgan fingerprint density at radius 3 is 1.88 bits per heavy atom. The average Bonchev–Trinajstić information content (AvgIpc) is 1.58. The lowest BCUT2D eigenvalue weighted by atomic mass is 9.47. The van der Waals surface area contributed by atoms with E-state index in [1.807, 2.05) is 6.92 Å². The molecule has 0 bridgehead atoms. The molecule has 0 aromatic heterocycles. The van der Waals surface area contributed by atoms with E-state index in [0.29, 0.717) is 43.4 Å². The Morgan fingerprint density at radius 1 is 0.573 bits per heavy atom. The molecule has 4 aliphatic carbocycles. The fourth-order valence-electron chi connectivity index (χ4n) is 17.0. The van der Waals surface area contributed by atoms with Gasteiger partial charge in [0, 0.05) is 12.3 Å². The Morgan fingerprint density at radius 2 is 1.16 bits per heavy atom. The van der Waals surface area contributed by atoms with Gasteiger partial charge in [0.15, 0.2) is 43.5 Å². The van der Waals surface area contributed by atoms with Gasteiger partial charge in [-0.05, 0) is 106 Å². The summed E-state index contributed by atoms with van der Waals surface area (Å²) in [6, 6.07) is 0. The van der Waals surface area contributed by atoms with Crippen LogP contribution in [0.1, 0.15) is 99.3 Å². The Balaban J connectivity index is 0.736. The number of aliphatic hydroxyl groups excluding tert-OH is 15. The predicted molar refractivity (Wildman–Crippen MR) is 296 cm³/mol. The third-order valence-corrected chi connectivity index (χ3v) is 22.5. The Bertz CT molecular complexity index is 2380. The lowest BCUT2D eigenvalue weighted by Gasteiger charge is -2.58. The molecule has 3 saturated carbocycles. The molecular formula is C60H98O29. The van der Waals surface area contributed by atoms with E-state index in [-0.39, 0.29) is 47.9 Å². The van der Waals surface area contributed by atoms with Crippen LogP contribution < -0.4 is 0 Å². The number of hydrogen-bond acceptors (Lipinski definition) is 29. The third kappa shape index (κ3) is 13.0. The number of aliphatic hydroxyl groups is 16. The molecule has 89 heavy (non-hydrogen) atoms. The Hall–Kier alpha value is -1.42. The zero-order valence-corrected chi connectivity index (χ0v) is 51.1. The van der Waals surface area contributed by atoms with Crippen LogP contribution in [-0.2, 0) is 61.6 Å². The van der Waals surface area contributed by atoms with Crippen molar-refractivity contribution in [1.82, 2.24) is 0 Å². The highest BCUT2D eigenvalue weighted by atomic mass is 16.8. The lowest BCUT2D eigenvalue weighted by molar-refractivity contribution is -0.395. The topological polar surface area (TPSA) is 444 Å². The molecule has 7 aliphatic heterocycles. The molecule has 11 rings (SSSR count). The van der Waals surface area contributed by atoms with Crippen molar-refractivity contribution in [3.63, 3.8) is 0 Å². The molecule has 512 valence electrons. The highest BCUT2D eigenvalue weighted by molar-refractivity contribution is 5.26. The molecule has 0 aromatic rings. The van der Waals surface area contributed by atoms with E-state index < -0.39 is 198 Å². The molecule has 38 unspecified atom stereocenters. The molecule has 7 heterocycles. The average molecular weight is 1280 g/mol. The first-order valence-electron chi connectivity index (χ1n) is 32.0. The van der Waals surface area contributed by atoms with Gasteiger partial charge in [-0.2, -0.15) is 0 Å². The first-order chi connectivity index (χ1) is 42.1. The molecule has 0 aromatic carbocycles. The number of rotatable bonds is 17. The summed E-state index contributed by atoms with van der Waals surface area (Å²) in [4.78, 5) is 0. The van der Waals surface area contributed by atoms with Gasteiger partial charge in [-0.3, -0.25) is 0 Å². The van der Waals surface area contributed by atoms with Crippen LogP contribution in [0.5, 0.6) is 0 Å². The van der Waals surface area contributed by atoms with Gasteiger partial charge in [0.25, 0.3) is 0 Å². The monoisotopic (exact) mass is 1280 g/mol. The lowest BCUT2D eigenvalue weighted by Crippen LogP contribution is -2.66. The summed E-state index contributed by atoms with van der Waals surface area (Å²) in [5, 5.41) is 173. The van der Waals surface area contributed by atoms with Crippen LogP contribution in [0.25, 0.3) is 0 Å². The number of allylic oxidation sites excluding steroid dienone is 1. The summed E-state index contributed by atoms with van der Waals surface area (Å²) in [6.07, 6.45) is -33.7. The smallest absolute Gasteiger partial charge is 0.187 e. The highest BCUT2D eigenvalue weighted by Gasteiger charge is 2.68. The summed E-state index contributed by atoms with van der Waals surface area (Å²) in [7, 11) is 0. The summed E-state index contributed by atoms with van der Waals surface area (Å²) in [5.74, 6) is -0.391. The maximum Gasteiger partial charge on any atom is 0.187 e. The van der Waals surface area contributed by atoms with Crippen LogP contribution in [0.4, 0.5) is 0 Å². The van der Waals surface area contributed by atoms with Gasteiger partial charge >= 0.3 is 0 Å². The van der Waals surface area contributed by atoms with E-state index in [9.17, 15) is 81.7 Å². The second kappa shape index (κ2) is 27.2. The predicted octanol–water partition coefficient (Wildman–Crippen LogP) is -4.41. The van der Waals surface area contributed by atoms with Crippen LogP contribution >= 0.6 is 0 Å². The first-order valence-corrected chi connectivity index (χ1v) is 32.0. The van der Waals surface area contributed by atoms with Crippen molar-refractivity contribution in [3.05, 3.63) is 11.6 Å². The SMILES string of the molecule is CC(CCC1(O)OC2CC3C4CC=C5CC(OC6OCC(O)C(O)C6OC6OCC(OC7OC(C)C(O)C(O)C7OC7OC(C)C(O)C(O)C7O)C(O)C6OC6OCC(O)C(O)C6O)CCC5(C)C4CCC3(C)C2C1C)COC1OC(CO)C(O)C(O)C1O. The largest absolute Gasteiger partial charge is 0.394 e.